The van der Waals surface area contributed by atoms with Crippen molar-refractivity contribution in [2.24, 2.45) is 0 Å². The Bertz CT molecular complexity index is 778. The van der Waals surface area contributed by atoms with Gasteiger partial charge in [0.2, 0.25) is 5.82 Å². The van der Waals surface area contributed by atoms with Crippen molar-refractivity contribution in [3.8, 4) is 0 Å². The van der Waals surface area contributed by atoms with E-state index in [1.54, 1.807) is 22.8 Å². The molecule has 0 bridgehead atoms. The van der Waals surface area contributed by atoms with Crippen molar-refractivity contribution in [1.82, 2.24) is 9.55 Å². The molecule has 0 spiro atoms. The number of carboxylic acid groups (broad SMARTS) is 1. The number of nitrogens with zero attached hydrogens (tertiary/aromatic N) is 2. The molecular formula is C15H13N3O2. The number of anilines is 1. The molecule has 0 aliphatic rings. The zero-order valence-electron chi connectivity index (χ0n) is 10.7. The van der Waals surface area contributed by atoms with E-state index in [1.165, 1.54) is 0 Å². The Morgan fingerprint density at radius 1 is 1.20 bits per heavy atom. The summed E-state index contributed by atoms with van der Waals surface area (Å²) in [6.45, 7) is 0.461. The molecule has 3 N–H and O–H groups in total. The normalized spacial score (nSPS) is 10.8. The number of hydrogen-bond acceptors (Lipinski definition) is 3. The first kappa shape index (κ1) is 12.2. The predicted molar refractivity (Wildman–Crippen MR) is 76.6 cm³/mol. The van der Waals surface area contributed by atoms with Crippen molar-refractivity contribution in [2.45, 2.75) is 6.54 Å². The molecule has 5 heteroatoms. The Morgan fingerprint density at radius 2 is 1.95 bits per heavy atom. The van der Waals surface area contributed by atoms with Crippen LogP contribution in [0.4, 0.5) is 5.69 Å². The van der Waals surface area contributed by atoms with E-state index in [9.17, 15) is 9.90 Å². The summed E-state index contributed by atoms with van der Waals surface area (Å²) in [4.78, 5) is 15.5. The van der Waals surface area contributed by atoms with Crippen LogP contribution in [0.15, 0.2) is 48.5 Å². The molecular weight excluding hydrogens is 254 g/mol. The van der Waals surface area contributed by atoms with Gasteiger partial charge in [-0.1, -0.05) is 30.3 Å². The molecule has 20 heavy (non-hydrogen) atoms. The van der Waals surface area contributed by atoms with Crippen molar-refractivity contribution in [3.05, 3.63) is 59.9 Å². The topological polar surface area (TPSA) is 81.1 Å². The smallest absolute Gasteiger partial charge is 0.372 e. The zero-order chi connectivity index (χ0) is 14.1. The van der Waals surface area contributed by atoms with Crippen LogP contribution in [0.25, 0.3) is 11.0 Å². The molecule has 3 rings (SSSR count). The fourth-order valence-electron chi connectivity index (χ4n) is 2.24. The summed E-state index contributed by atoms with van der Waals surface area (Å²) in [5, 5.41) is 9.30. The third-order valence-electron chi connectivity index (χ3n) is 3.15. The fraction of sp³-hybridized carbons (Fsp3) is 0.0667. The minimum atomic E-state index is -1.05. The molecule has 0 saturated carbocycles. The van der Waals surface area contributed by atoms with E-state index in [-0.39, 0.29) is 5.82 Å². The van der Waals surface area contributed by atoms with Gasteiger partial charge >= 0.3 is 5.97 Å². The van der Waals surface area contributed by atoms with E-state index in [2.05, 4.69) is 4.98 Å². The molecule has 1 heterocycles. The lowest BCUT2D eigenvalue weighted by Gasteiger charge is -2.07. The number of nitrogens with two attached hydrogens (primary N) is 1. The van der Waals surface area contributed by atoms with Crippen molar-refractivity contribution in [1.29, 1.82) is 0 Å². The third-order valence-corrected chi connectivity index (χ3v) is 3.15. The molecule has 0 saturated heterocycles. The largest absolute Gasteiger partial charge is 0.475 e. The Balaban J connectivity index is 2.16. The second-order valence-electron chi connectivity index (χ2n) is 4.56. The molecule has 0 aliphatic carbocycles. The van der Waals surface area contributed by atoms with Crippen molar-refractivity contribution >= 4 is 22.7 Å². The second-order valence-corrected chi connectivity index (χ2v) is 4.56. The molecule has 0 fully saturated rings. The molecule has 5 nitrogen and oxygen atoms in total. The standard InChI is InChI=1S/C15H13N3O2/c16-11-6-7-13-12(8-11)17-14(15(19)20)18(13)9-10-4-2-1-3-5-10/h1-8H,9,16H2,(H,19,20). The molecule has 3 aromatic rings. The maximum atomic E-state index is 11.4. The van der Waals surface area contributed by atoms with Gasteiger partial charge in [-0.2, -0.15) is 0 Å². The summed E-state index contributed by atoms with van der Waals surface area (Å²) in [5.41, 5.74) is 8.66. The van der Waals surface area contributed by atoms with Crippen molar-refractivity contribution in [2.75, 3.05) is 5.73 Å². The van der Waals surface area contributed by atoms with Crippen LogP contribution in [0.2, 0.25) is 0 Å². The lowest BCUT2D eigenvalue weighted by atomic mass is 10.2. The maximum Gasteiger partial charge on any atom is 0.372 e. The van der Waals surface area contributed by atoms with Gasteiger partial charge in [0.05, 0.1) is 11.0 Å². The van der Waals surface area contributed by atoms with Gasteiger partial charge in [0.15, 0.2) is 0 Å². The van der Waals surface area contributed by atoms with Gasteiger partial charge in [0.1, 0.15) is 0 Å². The monoisotopic (exact) mass is 267 g/mol. The first-order valence-corrected chi connectivity index (χ1v) is 6.18. The van der Waals surface area contributed by atoms with E-state index < -0.39 is 5.97 Å². The summed E-state index contributed by atoms with van der Waals surface area (Å²) in [6.07, 6.45) is 0. The SMILES string of the molecule is Nc1ccc2c(c1)nc(C(=O)O)n2Cc1ccccc1. The van der Waals surface area contributed by atoms with E-state index in [0.29, 0.717) is 17.7 Å². The highest BCUT2D eigenvalue weighted by Gasteiger charge is 2.16. The molecule has 0 unspecified atom stereocenters. The van der Waals surface area contributed by atoms with Crippen LogP contribution in [-0.4, -0.2) is 20.6 Å². The molecule has 0 aliphatic heterocycles. The van der Waals surface area contributed by atoms with Crippen LogP contribution >= 0.6 is 0 Å². The number of aromatic nitrogens is 2. The van der Waals surface area contributed by atoms with Crippen LogP contribution in [0.5, 0.6) is 0 Å². The molecule has 1 aromatic heterocycles. The summed E-state index contributed by atoms with van der Waals surface area (Å²) in [5.74, 6) is -1.02. The number of imidazole rings is 1. The molecule has 0 atom stereocenters. The van der Waals surface area contributed by atoms with Crippen LogP contribution < -0.4 is 5.73 Å². The third kappa shape index (κ3) is 2.09. The van der Waals surface area contributed by atoms with E-state index in [0.717, 1.165) is 11.1 Å². The van der Waals surface area contributed by atoms with Gasteiger partial charge in [-0.3, -0.25) is 0 Å². The van der Waals surface area contributed by atoms with Crippen LogP contribution in [0, 0.1) is 0 Å². The van der Waals surface area contributed by atoms with E-state index >= 15 is 0 Å². The number of aromatic carboxylic acids is 1. The first-order valence-electron chi connectivity index (χ1n) is 6.18. The molecule has 2 aromatic carbocycles. The summed E-state index contributed by atoms with van der Waals surface area (Å²) >= 11 is 0. The number of carbonyl (C=O) groups is 1. The average Bonchev–Trinajstić information content (AvgIpc) is 2.78. The van der Waals surface area contributed by atoms with Gasteiger partial charge in [0, 0.05) is 12.2 Å². The van der Waals surface area contributed by atoms with Crippen LogP contribution in [0.3, 0.4) is 0 Å². The molecule has 0 radical (unpaired) electrons. The summed E-state index contributed by atoms with van der Waals surface area (Å²) in [7, 11) is 0. The lowest BCUT2D eigenvalue weighted by Crippen LogP contribution is -2.10. The fourth-order valence-corrected chi connectivity index (χ4v) is 2.24. The number of nitrogen functional groups attached to an aromatic ring is 1. The molecule has 100 valence electrons. The number of fused-ring (bicyclic) bond motifs is 1. The zero-order valence-corrected chi connectivity index (χ0v) is 10.7. The van der Waals surface area contributed by atoms with Gasteiger partial charge < -0.3 is 15.4 Å². The van der Waals surface area contributed by atoms with Gasteiger partial charge in [-0.25, -0.2) is 9.78 Å². The highest BCUT2D eigenvalue weighted by Crippen LogP contribution is 2.20. The summed E-state index contributed by atoms with van der Waals surface area (Å²) in [6, 6.07) is 14.9. The lowest BCUT2D eigenvalue weighted by molar-refractivity contribution is 0.0679. The second kappa shape index (κ2) is 4.70. The van der Waals surface area contributed by atoms with Crippen molar-refractivity contribution < 1.29 is 9.90 Å². The van der Waals surface area contributed by atoms with E-state index in [4.69, 9.17) is 5.73 Å². The first-order chi connectivity index (χ1) is 9.65. The average molecular weight is 267 g/mol. The van der Waals surface area contributed by atoms with Gasteiger partial charge in [-0.15, -0.1) is 0 Å². The highest BCUT2D eigenvalue weighted by atomic mass is 16.4. The number of rotatable bonds is 3. The minimum absolute atomic E-state index is 0.0226. The Labute approximate surface area is 115 Å². The van der Waals surface area contributed by atoms with Gasteiger partial charge in [0.25, 0.3) is 0 Å². The quantitative estimate of drug-likeness (QED) is 0.714. The Morgan fingerprint density at radius 3 is 2.65 bits per heavy atom. The Kier molecular flexibility index (Phi) is 2.87. The van der Waals surface area contributed by atoms with Crippen LogP contribution in [-0.2, 0) is 6.54 Å². The van der Waals surface area contributed by atoms with Crippen molar-refractivity contribution in [3.63, 3.8) is 0 Å². The molecule has 0 amide bonds. The van der Waals surface area contributed by atoms with Crippen LogP contribution in [0.1, 0.15) is 16.2 Å². The number of benzene rings is 2. The minimum Gasteiger partial charge on any atom is -0.475 e. The number of hydrogen-bond donors (Lipinski definition) is 2. The number of carboxylic acids is 1. The Hall–Kier alpha value is -2.82. The maximum absolute atomic E-state index is 11.4. The predicted octanol–water partition coefficient (Wildman–Crippen LogP) is 2.37. The van der Waals surface area contributed by atoms with E-state index in [1.807, 2.05) is 30.3 Å². The van der Waals surface area contributed by atoms with Gasteiger partial charge in [-0.05, 0) is 23.8 Å². The summed E-state index contributed by atoms with van der Waals surface area (Å²) < 4.78 is 1.69. The highest BCUT2D eigenvalue weighted by molar-refractivity contribution is 5.90.